The number of nitrogens with zero attached hydrogens (tertiary/aromatic N) is 4. The van der Waals surface area contributed by atoms with Gasteiger partial charge in [-0.25, -0.2) is 4.98 Å². The monoisotopic (exact) mass is 393 g/mol. The van der Waals surface area contributed by atoms with Gasteiger partial charge in [0, 0.05) is 19.5 Å². The number of hydrogen-bond donors (Lipinski definition) is 1. The normalized spacial score (nSPS) is 14.8. The van der Waals surface area contributed by atoms with Crippen molar-refractivity contribution >= 4 is 28.7 Å². The number of benzene rings is 2. The molecule has 0 amide bonds. The van der Waals surface area contributed by atoms with Gasteiger partial charge in [0.05, 0.1) is 33.4 Å². The highest BCUT2D eigenvalue weighted by Gasteiger charge is 2.20. The fourth-order valence-electron chi connectivity index (χ4n) is 3.29. The lowest BCUT2D eigenvalue weighted by atomic mass is 10.2. The van der Waals surface area contributed by atoms with Gasteiger partial charge < -0.3 is 10.2 Å². The molecule has 0 spiro atoms. The molecule has 1 N–H and O–H groups in total. The molecule has 0 aliphatic carbocycles. The molecule has 7 heteroatoms. The SMILES string of the molecule is CC(NC1=CN(C)CN=C1)c1nc2cccc(Cl)c2c(=O)n1-c1ccccc1. The van der Waals surface area contributed by atoms with Crippen molar-refractivity contribution in [3.8, 4) is 5.69 Å². The summed E-state index contributed by atoms with van der Waals surface area (Å²) in [5, 5.41) is 4.21. The minimum Gasteiger partial charge on any atom is -0.373 e. The number of aliphatic imine (C=N–C) groups is 1. The Labute approximate surface area is 167 Å². The molecule has 0 bridgehead atoms. The number of aromatic nitrogens is 2. The molecule has 4 rings (SSSR count). The van der Waals surface area contributed by atoms with Gasteiger partial charge in [0.1, 0.15) is 12.5 Å². The van der Waals surface area contributed by atoms with E-state index in [0.29, 0.717) is 28.4 Å². The first-order valence-electron chi connectivity index (χ1n) is 8.99. The number of allylic oxidation sites excluding steroid dienone is 1. The van der Waals surface area contributed by atoms with Crippen LogP contribution in [0.3, 0.4) is 0 Å². The number of halogens is 1. The molecule has 0 saturated heterocycles. The topological polar surface area (TPSA) is 62.5 Å². The third kappa shape index (κ3) is 3.39. The van der Waals surface area contributed by atoms with Gasteiger partial charge in [-0.15, -0.1) is 0 Å². The predicted molar refractivity (Wildman–Crippen MR) is 113 cm³/mol. The maximum Gasteiger partial charge on any atom is 0.267 e. The van der Waals surface area contributed by atoms with Crippen LogP contribution in [0.1, 0.15) is 18.8 Å². The Hall–Kier alpha value is -3.12. The summed E-state index contributed by atoms with van der Waals surface area (Å²) >= 11 is 6.32. The van der Waals surface area contributed by atoms with Crippen molar-refractivity contribution in [3.63, 3.8) is 0 Å². The minimum atomic E-state index is -0.236. The van der Waals surface area contributed by atoms with Crippen LogP contribution in [0.5, 0.6) is 0 Å². The van der Waals surface area contributed by atoms with E-state index in [1.54, 1.807) is 22.9 Å². The average molecular weight is 394 g/mol. The first kappa shape index (κ1) is 18.3. The Kier molecular flexibility index (Phi) is 4.88. The van der Waals surface area contributed by atoms with E-state index in [0.717, 1.165) is 11.4 Å². The molecule has 1 unspecified atom stereocenters. The summed E-state index contributed by atoms with van der Waals surface area (Å²) in [7, 11) is 1.96. The molecular weight excluding hydrogens is 374 g/mol. The van der Waals surface area contributed by atoms with Crippen molar-refractivity contribution < 1.29 is 0 Å². The highest BCUT2D eigenvalue weighted by molar-refractivity contribution is 6.35. The Balaban J connectivity index is 1.89. The van der Waals surface area contributed by atoms with E-state index in [-0.39, 0.29) is 11.6 Å². The molecular formula is C21H20ClN5O. The van der Waals surface area contributed by atoms with Crippen LogP contribution in [-0.2, 0) is 0 Å². The summed E-state index contributed by atoms with van der Waals surface area (Å²) in [6, 6.07) is 14.6. The van der Waals surface area contributed by atoms with Gasteiger partial charge in [-0.2, -0.15) is 0 Å². The van der Waals surface area contributed by atoms with E-state index in [2.05, 4.69) is 10.3 Å². The highest BCUT2D eigenvalue weighted by atomic mass is 35.5. The zero-order chi connectivity index (χ0) is 19.7. The maximum absolute atomic E-state index is 13.4. The van der Waals surface area contributed by atoms with Crippen molar-refractivity contribution in [1.29, 1.82) is 0 Å². The van der Waals surface area contributed by atoms with Gasteiger partial charge >= 0.3 is 0 Å². The minimum absolute atomic E-state index is 0.186. The van der Waals surface area contributed by atoms with Crippen molar-refractivity contribution in [2.24, 2.45) is 4.99 Å². The molecule has 3 aromatic rings. The quantitative estimate of drug-likeness (QED) is 0.736. The van der Waals surface area contributed by atoms with Crippen LogP contribution < -0.4 is 10.9 Å². The lowest BCUT2D eigenvalue weighted by Crippen LogP contribution is -2.31. The van der Waals surface area contributed by atoms with Crippen molar-refractivity contribution in [2.75, 3.05) is 13.7 Å². The average Bonchev–Trinajstić information content (AvgIpc) is 2.68. The molecule has 0 radical (unpaired) electrons. The summed E-state index contributed by atoms with van der Waals surface area (Å²) in [5.74, 6) is 0.605. The molecule has 1 aliphatic heterocycles. The Morgan fingerprint density at radius 1 is 1.14 bits per heavy atom. The van der Waals surface area contributed by atoms with Crippen LogP contribution in [0.4, 0.5) is 0 Å². The second-order valence-corrected chi connectivity index (χ2v) is 7.15. The lowest BCUT2D eigenvalue weighted by molar-refractivity contribution is 0.457. The molecule has 142 valence electrons. The zero-order valence-corrected chi connectivity index (χ0v) is 16.4. The van der Waals surface area contributed by atoms with Crippen LogP contribution in [0.25, 0.3) is 16.6 Å². The Bertz CT molecular complexity index is 1140. The maximum atomic E-state index is 13.4. The van der Waals surface area contributed by atoms with Crippen molar-refractivity contribution in [1.82, 2.24) is 19.8 Å². The van der Waals surface area contributed by atoms with E-state index in [1.807, 2.05) is 61.5 Å². The molecule has 1 aliphatic rings. The van der Waals surface area contributed by atoms with E-state index >= 15 is 0 Å². The largest absolute Gasteiger partial charge is 0.373 e. The van der Waals surface area contributed by atoms with Gasteiger partial charge in [0.25, 0.3) is 5.56 Å². The number of hydrogen-bond acceptors (Lipinski definition) is 5. The fraction of sp³-hybridized carbons (Fsp3) is 0.190. The zero-order valence-electron chi connectivity index (χ0n) is 15.6. The first-order chi connectivity index (χ1) is 13.5. The van der Waals surface area contributed by atoms with E-state index in [1.165, 1.54) is 0 Å². The van der Waals surface area contributed by atoms with Crippen molar-refractivity contribution in [3.05, 3.63) is 81.6 Å². The molecule has 2 aromatic carbocycles. The van der Waals surface area contributed by atoms with E-state index in [4.69, 9.17) is 16.6 Å². The fourth-order valence-corrected chi connectivity index (χ4v) is 3.54. The molecule has 1 atom stereocenters. The van der Waals surface area contributed by atoms with Gasteiger partial charge in [-0.05, 0) is 31.2 Å². The Morgan fingerprint density at radius 3 is 2.68 bits per heavy atom. The summed E-state index contributed by atoms with van der Waals surface area (Å²) in [4.78, 5) is 24.5. The predicted octanol–water partition coefficient (Wildman–Crippen LogP) is 3.50. The molecule has 2 heterocycles. The number of para-hydroxylation sites is 1. The summed E-state index contributed by atoms with van der Waals surface area (Å²) < 4.78 is 1.62. The first-order valence-corrected chi connectivity index (χ1v) is 9.37. The summed E-state index contributed by atoms with van der Waals surface area (Å²) in [6.45, 7) is 2.60. The van der Waals surface area contributed by atoms with E-state index < -0.39 is 0 Å². The second-order valence-electron chi connectivity index (χ2n) is 6.74. The van der Waals surface area contributed by atoms with Gasteiger partial charge in [-0.1, -0.05) is 35.9 Å². The van der Waals surface area contributed by atoms with Crippen molar-refractivity contribution in [2.45, 2.75) is 13.0 Å². The van der Waals surface area contributed by atoms with Crippen LogP contribution in [-0.4, -0.2) is 34.4 Å². The third-order valence-electron chi connectivity index (χ3n) is 4.55. The molecule has 6 nitrogen and oxygen atoms in total. The van der Waals surface area contributed by atoms with Crippen LogP contribution in [0.15, 0.2) is 70.2 Å². The number of rotatable bonds is 4. The lowest BCUT2D eigenvalue weighted by Gasteiger charge is -2.23. The number of fused-ring (bicyclic) bond motifs is 1. The third-order valence-corrected chi connectivity index (χ3v) is 4.87. The second kappa shape index (κ2) is 7.48. The van der Waals surface area contributed by atoms with Gasteiger partial charge in [0.15, 0.2) is 0 Å². The van der Waals surface area contributed by atoms with Gasteiger partial charge in [-0.3, -0.25) is 14.4 Å². The van der Waals surface area contributed by atoms with Crippen LogP contribution in [0.2, 0.25) is 5.02 Å². The standard InChI is InChI=1S/C21H20ClN5O/c1-14(24-15-11-23-13-26(2)12-15)20-25-18-10-6-9-17(22)19(18)21(28)27(20)16-7-4-3-5-8-16/h3-12,14,24H,13H2,1-2H3. The summed E-state index contributed by atoms with van der Waals surface area (Å²) in [6.07, 6.45) is 3.77. The van der Waals surface area contributed by atoms with Crippen LogP contribution in [0, 0.1) is 0 Å². The smallest absolute Gasteiger partial charge is 0.267 e. The molecule has 28 heavy (non-hydrogen) atoms. The van der Waals surface area contributed by atoms with E-state index in [9.17, 15) is 4.79 Å². The van der Waals surface area contributed by atoms with Gasteiger partial charge in [0.2, 0.25) is 0 Å². The van der Waals surface area contributed by atoms with Crippen LogP contribution >= 0.6 is 11.6 Å². The molecule has 1 aromatic heterocycles. The molecule has 0 fully saturated rings. The Morgan fingerprint density at radius 2 is 1.93 bits per heavy atom. The molecule has 0 saturated carbocycles. The number of nitrogens with one attached hydrogen (secondary N) is 1. The highest BCUT2D eigenvalue weighted by Crippen LogP contribution is 2.23. The summed E-state index contributed by atoms with van der Waals surface area (Å²) in [5.41, 5.74) is 2.00.